The SMILES string of the molecule is C/N=C(C)\C(C)=N/C. The van der Waals surface area contributed by atoms with Gasteiger partial charge in [0.05, 0.1) is 11.4 Å². The van der Waals surface area contributed by atoms with E-state index in [1.165, 1.54) is 0 Å². The Kier molecular flexibility index (Phi) is 3.08. The molecule has 0 aliphatic rings. The highest BCUT2D eigenvalue weighted by Gasteiger charge is 1.89. The molecule has 0 aromatic heterocycles. The first kappa shape index (κ1) is 7.34. The van der Waals surface area contributed by atoms with Gasteiger partial charge in [0.1, 0.15) is 0 Å². The van der Waals surface area contributed by atoms with Crippen LogP contribution in [0.15, 0.2) is 9.98 Å². The molecule has 0 radical (unpaired) electrons. The molecule has 0 heterocycles. The summed E-state index contributed by atoms with van der Waals surface area (Å²) in [5.74, 6) is 0. The Morgan fingerprint density at radius 3 is 1.25 bits per heavy atom. The van der Waals surface area contributed by atoms with E-state index in [0.717, 1.165) is 11.4 Å². The molecule has 0 amide bonds. The predicted molar refractivity (Wildman–Crippen MR) is 38.1 cm³/mol. The highest BCUT2D eigenvalue weighted by molar-refractivity contribution is 6.40. The molecule has 0 aromatic rings. The average Bonchev–Trinajstić information content (AvgIpc) is 1.84. The van der Waals surface area contributed by atoms with Crippen molar-refractivity contribution in [2.24, 2.45) is 9.98 Å². The number of rotatable bonds is 1. The van der Waals surface area contributed by atoms with E-state index in [1.807, 2.05) is 13.8 Å². The normalized spacial score (nSPS) is 14.5. The van der Waals surface area contributed by atoms with Crippen LogP contribution in [0, 0.1) is 0 Å². The van der Waals surface area contributed by atoms with Crippen molar-refractivity contribution in [3.63, 3.8) is 0 Å². The standard InChI is InChI=1S/C6H12N2/c1-5(7-3)6(2)8-4/h1-4H3/b7-5-,8-6-. The summed E-state index contributed by atoms with van der Waals surface area (Å²) >= 11 is 0. The largest absolute Gasteiger partial charge is 0.292 e. The van der Waals surface area contributed by atoms with Gasteiger partial charge in [0.15, 0.2) is 0 Å². The van der Waals surface area contributed by atoms with Crippen molar-refractivity contribution in [2.75, 3.05) is 14.1 Å². The van der Waals surface area contributed by atoms with E-state index < -0.39 is 0 Å². The Balaban J connectivity index is 4.04. The summed E-state index contributed by atoms with van der Waals surface area (Å²) in [5, 5.41) is 0. The minimum atomic E-state index is 1.01. The lowest BCUT2D eigenvalue weighted by atomic mass is 10.3. The Morgan fingerprint density at radius 2 is 1.12 bits per heavy atom. The minimum Gasteiger partial charge on any atom is -0.292 e. The number of hydrogen-bond donors (Lipinski definition) is 0. The third kappa shape index (κ3) is 1.87. The van der Waals surface area contributed by atoms with Crippen LogP contribution in [-0.4, -0.2) is 25.5 Å². The topological polar surface area (TPSA) is 24.7 Å². The monoisotopic (exact) mass is 112 g/mol. The first-order chi connectivity index (χ1) is 3.72. The van der Waals surface area contributed by atoms with Crippen LogP contribution in [0.4, 0.5) is 0 Å². The molecule has 0 saturated carbocycles. The van der Waals surface area contributed by atoms with Gasteiger partial charge in [-0.2, -0.15) is 0 Å². The summed E-state index contributed by atoms with van der Waals surface area (Å²) in [5.41, 5.74) is 2.01. The molecular weight excluding hydrogens is 100 g/mol. The minimum absolute atomic E-state index is 1.01. The molecule has 0 saturated heterocycles. The van der Waals surface area contributed by atoms with Crippen LogP contribution >= 0.6 is 0 Å². The second-order valence-corrected chi connectivity index (χ2v) is 1.62. The van der Waals surface area contributed by atoms with Crippen LogP contribution in [0.5, 0.6) is 0 Å². The second-order valence-electron chi connectivity index (χ2n) is 1.62. The molecule has 0 aromatic carbocycles. The van der Waals surface area contributed by atoms with Crippen LogP contribution in [0.3, 0.4) is 0 Å². The van der Waals surface area contributed by atoms with Crippen molar-refractivity contribution in [3.8, 4) is 0 Å². The van der Waals surface area contributed by atoms with Gasteiger partial charge in [-0.15, -0.1) is 0 Å². The molecule has 0 bridgehead atoms. The van der Waals surface area contributed by atoms with Gasteiger partial charge in [0.25, 0.3) is 0 Å². The maximum atomic E-state index is 3.95. The quantitative estimate of drug-likeness (QED) is 0.455. The lowest BCUT2D eigenvalue weighted by molar-refractivity contribution is 1.40. The van der Waals surface area contributed by atoms with Gasteiger partial charge in [-0.1, -0.05) is 0 Å². The zero-order chi connectivity index (χ0) is 6.57. The maximum absolute atomic E-state index is 3.95. The van der Waals surface area contributed by atoms with Gasteiger partial charge in [-0.05, 0) is 13.8 Å². The van der Waals surface area contributed by atoms with Crippen LogP contribution < -0.4 is 0 Å². The Labute approximate surface area is 50.4 Å². The van der Waals surface area contributed by atoms with Crippen molar-refractivity contribution < 1.29 is 0 Å². The van der Waals surface area contributed by atoms with Gasteiger partial charge in [0.2, 0.25) is 0 Å². The Morgan fingerprint density at radius 1 is 0.875 bits per heavy atom. The van der Waals surface area contributed by atoms with Crippen molar-refractivity contribution in [2.45, 2.75) is 13.8 Å². The first-order valence-corrected chi connectivity index (χ1v) is 2.59. The summed E-state index contributed by atoms with van der Waals surface area (Å²) < 4.78 is 0. The van der Waals surface area contributed by atoms with Crippen molar-refractivity contribution in [1.29, 1.82) is 0 Å². The van der Waals surface area contributed by atoms with Crippen LogP contribution in [0.1, 0.15) is 13.8 Å². The van der Waals surface area contributed by atoms with E-state index in [9.17, 15) is 0 Å². The molecule has 8 heavy (non-hydrogen) atoms. The summed E-state index contributed by atoms with van der Waals surface area (Å²) in [6.07, 6.45) is 0. The fourth-order valence-corrected chi connectivity index (χ4v) is 0.324. The molecular formula is C6H12N2. The summed E-state index contributed by atoms with van der Waals surface area (Å²) in [7, 11) is 3.54. The smallest absolute Gasteiger partial charge is 0.0520 e. The van der Waals surface area contributed by atoms with Crippen LogP contribution in [0.25, 0.3) is 0 Å². The molecule has 2 heteroatoms. The van der Waals surface area contributed by atoms with Crippen LogP contribution in [0.2, 0.25) is 0 Å². The molecule has 0 N–H and O–H groups in total. The molecule has 0 rings (SSSR count). The molecule has 0 fully saturated rings. The number of hydrogen-bond acceptors (Lipinski definition) is 2. The van der Waals surface area contributed by atoms with Gasteiger partial charge in [-0.25, -0.2) is 0 Å². The highest BCUT2D eigenvalue weighted by atomic mass is 14.7. The molecule has 46 valence electrons. The Hall–Kier alpha value is -0.660. The van der Waals surface area contributed by atoms with E-state index in [-0.39, 0.29) is 0 Å². The molecule has 0 atom stereocenters. The number of aliphatic imine (C=N–C) groups is 2. The molecule has 0 aliphatic heterocycles. The van der Waals surface area contributed by atoms with E-state index in [2.05, 4.69) is 9.98 Å². The maximum Gasteiger partial charge on any atom is 0.0520 e. The zero-order valence-corrected chi connectivity index (χ0v) is 5.89. The lowest BCUT2D eigenvalue weighted by Gasteiger charge is -1.92. The van der Waals surface area contributed by atoms with Gasteiger partial charge < -0.3 is 0 Å². The van der Waals surface area contributed by atoms with Crippen molar-refractivity contribution in [3.05, 3.63) is 0 Å². The summed E-state index contributed by atoms with van der Waals surface area (Å²) in [4.78, 5) is 7.89. The third-order valence-corrected chi connectivity index (χ3v) is 1.19. The highest BCUT2D eigenvalue weighted by Crippen LogP contribution is 1.79. The third-order valence-electron chi connectivity index (χ3n) is 1.19. The Bertz CT molecular complexity index is 106. The van der Waals surface area contributed by atoms with E-state index in [1.54, 1.807) is 14.1 Å². The lowest BCUT2D eigenvalue weighted by Crippen LogP contribution is -2.03. The summed E-state index contributed by atoms with van der Waals surface area (Å²) in [6.45, 7) is 3.89. The summed E-state index contributed by atoms with van der Waals surface area (Å²) in [6, 6.07) is 0. The number of nitrogens with zero attached hydrogens (tertiary/aromatic N) is 2. The molecule has 0 aliphatic carbocycles. The van der Waals surface area contributed by atoms with E-state index >= 15 is 0 Å². The van der Waals surface area contributed by atoms with Gasteiger partial charge in [0, 0.05) is 14.1 Å². The molecule has 0 spiro atoms. The first-order valence-electron chi connectivity index (χ1n) is 2.59. The van der Waals surface area contributed by atoms with Crippen molar-refractivity contribution >= 4 is 11.4 Å². The second kappa shape index (κ2) is 3.36. The van der Waals surface area contributed by atoms with E-state index in [4.69, 9.17) is 0 Å². The zero-order valence-electron chi connectivity index (χ0n) is 5.89. The van der Waals surface area contributed by atoms with Crippen LogP contribution in [-0.2, 0) is 0 Å². The van der Waals surface area contributed by atoms with Crippen molar-refractivity contribution in [1.82, 2.24) is 0 Å². The van der Waals surface area contributed by atoms with E-state index in [0.29, 0.717) is 0 Å². The molecule has 2 nitrogen and oxygen atoms in total. The van der Waals surface area contributed by atoms with Gasteiger partial charge >= 0.3 is 0 Å². The average molecular weight is 112 g/mol. The molecule has 0 unspecified atom stereocenters. The fraction of sp³-hybridized carbons (Fsp3) is 0.667. The fourth-order valence-electron chi connectivity index (χ4n) is 0.324. The predicted octanol–water partition coefficient (Wildman–Crippen LogP) is 1.17. The van der Waals surface area contributed by atoms with Gasteiger partial charge in [-0.3, -0.25) is 9.98 Å².